The lowest BCUT2D eigenvalue weighted by atomic mass is 10.2. The molecule has 0 saturated carbocycles. The molecular weight excluding hydrogens is 190 g/mol. The number of rotatable bonds is 6. The number of ether oxygens (including phenoxy) is 2. The first-order valence-corrected chi connectivity index (χ1v) is 4.94. The van der Waals surface area contributed by atoms with Gasteiger partial charge in [-0.15, -0.1) is 0 Å². The Labute approximate surface area is 90.2 Å². The summed E-state index contributed by atoms with van der Waals surface area (Å²) in [5.74, 6) is 0.841. The molecule has 0 bridgehead atoms. The van der Waals surface area contributed by atoms with E-state index in [2.05, 4.69) is 6.07 Å². The summed E-state index contributed by atoms with van der Waals surface area (Å²) < 4.78 is 10.5. The van der Waals surface area contributed by atoms with E-state index in [0.717, 1.165) is 17.7 Å². The van der Waals surface area contributed by atoms with Crippen LogP contribution in [0.25, 0.3) is 0 Å². The maximum atomic E-state index is 8.33. The molecule has 3 nitrogen and oxygen atoms in total. The smallest absolute Gasteiger partial charge is 0.119 e. The Kier molecular flexibility index (Phi) is 5.28. The zero-order chi connectivity index (χ0) is 10.9. The van der Waals surface area contributed by atoms with Crippen molar-refractivity contribution in [1.82, 2.24) is 0 Å². The van der Waals surface area contributed by atoms with E-state index in [1.54, 1.807) is 7.11 Å². The summed E-state index contributed by atoms with van der Waals surface area (Å²) in [6.07, 6.45) is 1.35. The predicted molar refractivity (Wildman–Crippen MR) is 57.5 cm³/mol. The van der Waals surface area contributed by atoms with Crippen LogP contribution in [0.3, 0.4) is 0 Å². The summed E-state index contributed by atoms with van der Waals surface area (Å²) in [4.78, 5) is 0. The molecule has 1 aromatic rings. The molecule has 80 valence electrons. The van der Waals surface area contributed by atoms with Gasteiger partial charge in [0.2, 0.25) is 0 Å². The summed E-state index contributed by atoms with van der Waals surface area (Å²) in [5, 5.41) is 8.33. The van der Waals surface area contributed by atoms with Gasteiger partial charge in [-0.1, -0.05) is 12.1 Å². The average molecular weight is 205 g/mol. The van der Waals surface area contributed by atoms with Crippen LogP contribution in [0.4, 0.5) is 0 Å². The van der Waals surface area contributed by atoms with Gasteiger partial charge in [-0.25, -0.2) is 0 Å². The normalized spacial score (nSPS) is 9.60. The second-order valence-electron chi connectivity index (χ2n) is 3.17. The monoisotopic (exact) mass is 205 g/mol. The van der Waals surface area contributed by atoms with Crippen molar-refractivity contribution in [2.45, 2.75) is 19.4 Å². The second-order valence-corrected chi connectivity index (χ2v) is 3.17. The molecule has 0 N–H and O–H groups in total. The number of nitriles is 1. The van der Waals surface area contributed by atoms with E-state index >= 15 is 0 Å². The van der Waals surface area contributed by atoms with Crippen molar-refractivity contribution >= 4 is 0 Å². The van der Waals surface area contributed by atoms with E-state index in [4.69, 9.17) is 14.7 Å². The van der Waals surface area contributed by atoms with Crippen LogP contribution in [0.5, 0.6) is 5.75 Å². The quantitative estimate of drug-likeness (QED) is 0.670. The van der Waals surface area contributed by atoms with Crippen LogP contribution in [-0.2, 0) is 11.3 Å². The Bertz CT molecular complexity index is 331. The standard InChI is InChI=1S/C12H15NO2/c1-14-12-6-4-5-11(9-12)10-15-8-3-2-7-13/h4-6,9H,2-3,8,10H2,1H3. The Hall–Kier alpha value is -1.53. The van der Waals surface area contributed by atoms with E-state index < -0.39 is 0 Å². The summed E-state index contributed by atoms with van der Waals surface area (Å²) in [6.45, 7) is 1.20. The molecule has 1 aromatic carbocycles. The van der Waals surface area contributed by atoms with Crippen LogP contribution in [-0.4, -0.2) is 13.7 Å². The highest BCUT2D eigenvalue weighted by Crippen LogP contribution is 2.13. The highest BCUT2D eigenvalue weighted by Gasteiger charge is 1.95. The van der Waals surface area contributed by atoms with Crippen molar-refractivity contribution in [2.75, 3.05) is 13.7 Å². The van der Waals surface area contributed by atoms with E-state index in [1.807, 2.05) is 24.3 Å². The highest BCUT2D eigenvalue weighted by atomic mass is 16.5. The number of benzene rings is 1. The van der Waals surface area contributed by atoms with Crippen LogP contribution in [0.2, 0.25) is 0 Å². The summed E-state index contributed by atoms with van der Waals surface area (Å²) in [5.41, 5.74) is 1.09. The molecule has 0 radical (unpaired) electrons. The minimum atomic E-state index is 0.554. The van der Waals surface area contributed by atoms with Gasteiger partial charge in [0.1, 0.15) is 5.75 Å². The molecule has 15 heavy (non-hydrogen) atoms. The van der Waals surface area contributed by atoms with Crippen molar-refractivity contribution in [3.05, 3.63) is 29.8 Å². The first-order chi connectivity index (χ1) is 7.36. The van der Waals surface area contributed by atoms with Gasteiger partial charge in [0.15, 0.2) is 0 Å². The Morgan fingerprint density at radius 3 is 3.00 bits per heavy atom. The van der Waals surface area contributed by atoms with Crippen LogP contribution in [0.15, 0.2) is 24.3 Å². The molecule has 0 spiro atoms. The highest BCUT2D eigenvalue weighted by molar-refractivity contribution is 5.27. The number of hydrogen-bond acceptors (Lipinski definition) is 3. The van der Waals surface area contributed by atoms with Crippen LogP contribution in [0, 0.1) is 11.3 Å². The summed E-state index contributed by atoms with van der Waals surface area (Å²) >= 11 is 0. The first kappa shape index (κ1) is 11.5. The maximum Gasteiger partial charge on any atom is 0.119 e. The van der Waals surface area contributed by atoms with Crippen molar-refractivity contribution < 1.29 is 9.47 Å². The fraction of sp³-hybridized carbons (Fsp3) is 0.417. The van der Waals surface area contributed by atoms with Crippen molar-refractivity contribution in [1.29, 1.82) is 5.26 Å². The zero-order valence-corrected chi connectivity index (χ0v) is 8.90. The molecule has 0 amide bonds. The lowest BCUT2D eigenvalue weighted by molar-refractivity contribution is 0.119. The number of nitrogens with zero attached hydrogens (tertiary/aromatic N) is 1. The van der Waals surface area contributed by atoms with E-state index in [1.165, 1.54) is 0 Å². The fourth-order valence-electron chi connectivity index (χ4n) is 1.21. The Balaban J connectivity index is 2.28. The third-order valence-corrected chi connectivity index (χ3v) is 1.98. The molecule has 0 unspecified atom stereocenters. The summed E-state index contributed by atoms with van der Waals surface area (Å²) in [6, 6.07) is 9.87. The predicted octanol–water partition coefficient (Wildman–Crippen LogP) is 2.52. The largest absolute Gasteiger partial charge is 0.497 e. The molecule has 0 aliphatic rings. The number of unbranched alkanes of at least 4 members (excludes halogenated alkanes) is 1. The maximum absolute atomic E-state index is 8.33. The molecule has 0 aliphatic carbocycles. The van der Waals surface area contributed by atoms with Gasteiger partial charge in [0.25, 0.3) is 0 Å². The summed E-state index contributed by atoms with van der Waals surface area (Å²) in [7, 11) is 1.65. The Morgan fingerprint density at radius 1 is 1.40 bits per heavy atom. The van der Waals surface area contributed by atoms with Gasteiger partial charge in [-0.2, -0.15) is 5.26 Å². The van der Waals surface area contributed by atoms with Crippen LogP contribution in [0.1, 0.15) is 18.4 Å². The van der Waals surface area contributed by atoms with E-state index in [0.29, 0.717) is 19.6 Å². The molecular formula is C12H15NO2. The molecule has 0 aliphatic heterocycles. The SMILES string of the molecule is COc1cccc(COCCCC#N)c1. The fourth-order valence-corrected chi connectivity index (χ4v) is 1.21. The molecule has 0 atom stereocenters. The van der Waals surface area contributed by atoms with Gasteiger partial charge in [-0.3, -0.25) is 0 Å². The second kappa shape index (κ2) is 6.86. The topological polar surface area (TPSA) is 42.2 Å². The van der Waals surface area contributed by atoms with E-state index in [9.17, 15) is 0 Å². The minimum Gasteiger partial charge on any atom is -0.497 e. The van der Waals surface area contributed by atoms with Gasteiger partial charge in [0, 0.05) is 13.0 Å². The first-order valence-electron chi connectivity index (χ1n) is 4.94. The van der Waals surface area contributed by atoms with Crippen LogP contribution < -0.4 is 4.74 Å². The Morgan fingerprint density at radius 2 is 2.27 bits per heavy atom. The lowest BCUT2D eigenvalue weighted by Crippen LogP contribution is -1.95. The number of methoxy groups -OCH3 is 1. The number of hydrogen-bond donors (Lipinski definition) is 0. The molecule has 0 saturated heterocycles. The molecule has 1 rings (SSSR count). The molecule has 3 heteroatoms. The minimum absolute atomic E-state index is 0.554. The third kappa shape index (κ3) is 4.48. The van der Waals surface area contributed by atoms with Gasteiger partial charge < -0.3 is 9.47 Å². The lowest BCUT2D eigenvalue weighted by Gasteiger charge is -2.05. The third-order valence-electron chi connectivity index (χ3n) is 1.98. The average Bonchev–Trinajstić information content (AvgIpc) is 2.29. The van der Waals surface area contributed by atoms with Crippen molar-refractivity contribution in [3.8, 4) is 11.8 Å². The van der Waals surface area contributed by atoms with Crippen molar-refractivity contribution in [3.63, 3.8) is 0 Å². The van der Waals surface area contributed by atoms with Gasteiger partial charge >= 0.3 is 0 Å². The van der Waals surface area contributed by atoms with Crippen molar-refractivity contribution in [2.24, 2.45) is 0 Å². The van der Waals surface area contributed by atoms with E-state index in [-0.39, 0.29) is 0 Å². The molecule has 0 aromatic heterocycles. The molecule has 0 fully saturated rings. The zero-order valence-electron chi connectivity index (χ0n) is 8.90. The van der Waals surface area contributed by atoms with Gasteiger partial charge in [-0.05, 0) is 24.1 Å². The van der Waals surface area contributed by atoms with Gasteiger partial charge in [0.05, 0.1) is 19.8 Å². The molecule has 0 heterocycles. The van der Waals surface area contributed by atoms with Crippen LogP contribution >= 0.6 is 0 Å².